The van der Waals surface area contributed by atoms with Crippen molar-refractivity contribution >= 4 is 44.9 Å². The summed E-state index contributed by atoms with van der Waals surface area (Å²) in [6, 6.07) is 111. The number of hydrogen-bond donors (Lipinski definition) is 0. The third kappa shape index (κ3) is 8.62. The fourth-order valence-corrected chi connectivity index (χ4v) is 13.3. The van der Waals surface area contributed by atoms with Crippen molar-refractivity contribution < 1.29 is 0 Å². The van der Waals surface area contributed by atoms with Crippen LogP contribution in [0.2, 0.25) is 0 Å². The molecule has 0 amide bonds. The Morgan fingerprint density at radius 3 is 1.41 bits per heavy atom. The molecule has 0 saturated heterocycles. The van der Waals surface area contributed by atoms with E-state index >= 15 is 0 Å². The number of anilines is 6. The van der Waals surface area contributed by atoms with E-state index < -0.39 is 5.41 Å². The molecule has 79 heavy (non-hydrogen) atoms. The molecule has 378 valence electrons. The van der Waals surface area contributed by atoms with Crippen LogP contribution >= 0.6 is 0 Å². The van der Waals surface area contributed by atoms with Gasteiger partial charge in [-0.3, -0.25) is 0 Å². The molecule has 1 saturated carbocycles. The number of hydrogen-bond acceptors (Lipinski definition) is 2. The summed E-state index contributed by atoms with van der Waals surface area (Å²) in [6.07, 6.45) is 6.48. The van der Waals surface area contributed by atoms with Crippen molar-refractivity contribution in [3.8, 4) is 44.5 Å². The first-order chi connectivity index (χ1) is 39.2. The fourth-order valence-electron chi connectivity index (χ4n) is 13.3. The van der Waals surface area contributed by atoms with Gasteiger partial charge in [-0.1, -0.05) is 250 Å². The lowest BCUT2D eigenvalue weighted by Crippen LogP contribution is -2.28. The van der Waals surface area contributed by atoms with Crippen LogP contribution in [0.1, 0.15) is 65.8 Å². The second-order valence-electron chi connectivity index (χ2n) is 21.4. The summed E-state index contributed by atoms with van der Waals surface area (Å²) in [5, 5.41) is 2.44. The monoisotopic (exact) mass is 1010 g/mol. The van der Waals surface area contributed by atoms with Crippen LogP contribution in [0, 0.1) is 0 Å². The van der Waals surface area contributed by atoms with E-state index in [4.69, 9.17) is 0 Å². The Balaban J connectivity index is 1.05. The summed E-state index contributed by atoms with van der Waals surface area (Å²) >= 11 is 0. The Morgan fingerprint density at radius 1 is 0.291 bits per heavy atom. The Hall–Kier alpha value is -9.50. The highest BCUT2D eigenvalue weighted by molar-refractivity contribution is 6.05. The predicted molar refractivity (Wildman–Crippen MR) is 333 cm³/mol. The zero-order chi connectivity index (χ0) is 52.5. The quantitative estimate of drug-likeness (QED) is 0.120. The Kier molecular flexibility index (Phi) is 12.6. The van der Waals surface area contributed by atoms with E-state index in [1.165, 1.54) is 110 Å². The molecule has 0 bridgehead atoms. The van der Waals surface area contributed by atoms with Crippen molar-refractivity contribution in [3.05, 3.63) is 325 Å². The number of benzene rings is 12. The zero-order valence-corrected chi connectivity index (χ0v) is 44.3. The lowest BCUT2D eigenvalue weighted by molar-refractivity contribution is 0.443. The van der Waals surface area contributed by atoms with Gasteiger partial charge in [0.15, 0.2) is 0 Å². The lowest BCUT2D eigenvalue weighted by atomic mass is 9.67. The Morgan fingerprint density at radius 2 is 0.785 bits per heavy atom. The number of fused-ring (bicyclic) bond motifs is 4. The maximum absolute atomic E-state index is 2.51. The van der Waals surface area contributed by atoms with Gasteiger partial charge in [-0.05, 0) is 169 Å². The Labute approximate surface area is 465 Å². The first-order valence-electron chi connectivity index (χ1n) is 28.2. The zero-order valence-electron chi connectivity index (χ0n) is 44.3. The van der Waals surface area contributed by atoms with Gasteiger partial charge in [0.05, 0.1) is 5.41 Å². The number of para-hydroxylation sites is 2. The van der Waals surface area contributed by atoms with Crippen LogP contribution in [-0.2, 0) is 5.41 Å². The smallest absolute Gasteiger partial charge is 0.0714 e. The third-order valence-corrected chi connectivity index (χ3v) is 16.9. The van der Waals surface area contributed by atoms with Crippen molar-refractivity contribution in [1.29, 1.82) is 0 Å². The molecule has 2 nitrogen and oxygen atoms in total. The average Bonchev–Trinajstić information content (AvgIpc) is 4.10. The molecule has 0 unspecified atom stereocenters. The van der Waals surface area contributed by atoms with E-state index in [1.807, 2.05) is 0 Å². The van der Waals surface area contributed by atoms with Crippen molar-refractivity contribution in [2.75, 3.05) is 9.80 Å². The molecule has 0 aliphatic heterocycles. The minimum atomic E-state index is -0.632. The van der Waals surface area contributed by atoms with Gasteiger partial charge in [0.1, 0.15) is 0 Å². The molecule has 0 radical (unpaired) electrons. The van der Waals surface area contributed by atoms with Crippen molar-refractivity contribution in [2.45, 2.75) is 43.4 Å². The molecular formula is C77H60N2. The highest BCUT2D eigenvalue weighted by Gasteiger charge is 2.47. The van der Waals surface area contributed by atoms with E-state index in [0.29, 0.717) is 5.92 Å². The molecular weight excluding hydrogens is 953 g/mol. The van der Waals surface area contributed by atoms with Crippen LogP contribution in [0.3, 0.4) is 0 Å². The molecule has 0 N–H and O–H groups in total. The summed E-state index contributed by atoms with van der Waals surface area (Å²) in [7, 11) is 0. The van der Waals surface area contributed by atoms with E-state index in [2.05, 4.69) is 307 Å². The average molecular weight is 1010 g/mol. The summed E-state index contributed by atoms with van der Waals surface area (Å²) in [5.74, 6) is 0.610. The maximum atomic E-state index is 2.51. The van der Waals surface area contributed by atoms with Gasteiger partial charge in [-0.2, -0.15) is 0 Å². The van der Waals surface area contributed by atoms with Gasteiger partial charge < -0.3 is 9.80 Å². The highest BCUT2D eigenvalue weighted by atomic mass is 15.2. The molecule has 14 rings (SSSR count). The van der Waals surface area contributed by atoms with Crippen LogP contribution in [0.15, 0.2) is 297 Å². The molecule has 12 aromatic carbocycles. The van der Waals surface area contributed by atoms with E-state index in [9.17, 15) is 0 Å². The predicted octanol–water partition coefficient (Wildman–Crippen LogP) is 21.2. The fraction of sp³-hybridized carbons (Fsp3) is 0.0909. The summed E-state index contributed by atoms with van der Waals surface area (Å²) in [4.78, 5) is 4.96. The van der Waals surface area contributed by atoms with Gasteiger partial charge in [0.2, 0.25) is 0 Å². The highest BCUT2D eigenvalue weighted by Crippen LogP contribution is 2.60. The molecule has 1 fully saturated rings. The Bertz CT molecular complexity index is 4040. The van der Waals surface area contributed by atoms with Crippen LogP contribution in [0.25, 0.3) is 55.3 Å². The second-order valence-corrected chi connectivity index (χ2v) is 21.4. The normalized spacial score (nSPS) is 13.6. The SMILES string of the molecule is c1ccc(-c2cccc3c2-c2ccc(N(c4ccccc4)c4cc(-c5ccc6ccccc6c5-c5ccccc5)cc(N(c5ccccc5)c5ccc(C6CCCCC6)cc5)c4)cc2C3(c2ccccc2)c2ccccc2)cc1. The maximum Gasteiger partial charge on any atom is 0.0714 e. The molecule has 0 spiro atoms. The summed E-state index contributed by atoms with van der Waals surface area (Å²) < 4.78 is 0. The van der Waals surface area contributed by atoms with E-state index in [-0.39, 0.29) is 0 Å². The number of nitrogens with zero attached hydrogens (tertiary/aromatic N) is 2. The summed E-state index contributed by atoms with van der Waals surface area (Å²) in [6.45, 7) is 0. The van der Waals surface area contributed by atoms with Crippen molar-refractivity contribution in [3.63, 3.8) is 0 Å². The minimum Gasteiger partial charge on any atom is -0.310 e. The second kappa shape index (κ2) is 20.8. The molecule has 2 aliphatic rings. The largest absolute Gasteiger partial charge is 0.310 e. The minimum absolute atomic E-state index is 0.610. The number of rotatable bonds is 12. The van der Waals surface area contributed by atoms with Gasteiger partial charge in [0.25, 0.3) is 0 Å². The van der Waals surface area contributed by atoms with Crippen LogP contribution < -0.4 is 9.80 Å². The van der Waals surface area contributed by atoms with Crippen molar-refractivity contribution in [2.24, 2.45) is 0 Å². The summed E-state index contributed by atoms with van der Waals surface area (Å²) in [5.41, 5.74) is 22.0. The van der Waals surface area contributed by atoms with Crippen molar-refractivity contribution in [1.82, 2.24) is 0 Å². The van der Waals surface area contributed by atoms with E-state index in [0.717, 1.165) is 39.7 Å². The first-order valence-corrected chi connectivity index (χ1v) is 28.2. The molecule has 0 atom stereocenters. The van der Waals surface area contributed by atoms with Crippen LogP contribution in [0.5, 0.6) is 0 Å². The molecule has 12 aromatic rings. The molecule has 2 aliphatic carbocycles. The van der Waals surface area contributed by atoms with Crippen LogP contribution in [-0.4, -0.2) is 0 Å². The first kappa shape index (κ1) is 47.9. The van der Waals surface area contributed by atoms with Gasteiger partial charge in [-0.25, -0.2) is 0 Å². The topological polar surface area (TPSA) is 6.48 Å². The van der Waals surface area contributed by atoms with Gasteiger partial charge in [0, 0.05) is 34.1 Å². The molecule has 2 heteroatoms. The van der Waals surface area contributed by atoms with Crippen LogP contribution in [0.4, 0.5) is 34.1 Å². The molecule has 0 heterocycles. The van der Waals surface area contributed by atoms with E-state index in [1.54, 1.807) is 0 Å². The standard InChI is InChI=1S/C77H60N2/c1-8-25-55(26-9-1)56-43-46-65(47-44-56)78(63-36-18-6-19-37-63)67-51-60(71-49-45-58-29-22-23-40-69(58)75(71)59-30-12-3-13-31-59)52-68(53-67)79(64-38-20-7-21-39-64)66-48-50-72-74(54-66)77(61-32-14-4-15-33-61,62-34-16-5-17-35-62)73-42-24-41-70(76(72)73)57-27-10-2-11-28-57/h2-7,10-24,27-55H,1,8-9,25-26H2. The third-order valence-electron chi connectivity index (χ3n) is 16.9. The van der Waals surface area contributed by atoms with Gasteiger partial charge >= 0.3 is 0 Å². The lowest BCUT2D eigenvalue weighted by Gasteiger charge is -2.35. The molecule has 0 aromatic heterocycles. The van der Waals surface area contributed by atoms with Gasteiger partial charge in [-0.15, -0.1) is 0 Å².